The fourth-order valence-electron chi connectivity index (χ4n) is 2.67. The molecule has 1 aromatic carbocycles. The largest absolute Gasteiger partial charge is 0.370 e. The molecule has 0 saturated carbocycles. The van der Waals surface area contributed by atoms with Crippen molar-refractivity contribution in [1.82, 2.24) is 19.9 Å². The van der Waals surface area contributed by atoms with Crippen LogP contribution in [0.4, 0.5) is 0 Å². The van der Waals surface area contributed by atoms with Gasteiger partial charge in [0.2, 0.25) is 5.91 Å². The van der Waals surface area contributed by atoms with Gasteiger partial charge in [0.15, 0.2) is 5.96 Å². The minimum absolute atomic E-state index is 0.0314. The molecule has 0 bridgehead atoms. The number of benzene rings is 1. The second-order valence-electron chi connectivity index (χ2n) is 6.15. The number of nitrogens with one attached hydrogen (secondary N) is 2. The Kier molecular flexibility index (Phi) is 7.53. The minimum atomic E-state index is -0.356. The molecule has 0 atom stereocenters. The van der Waals surface area contributed by atoms with E-state index in [1.807, 2.05) is 51.1 Å². The summed E-state index contributed by atoms with van der Waals surface area (Å²) in [4.78, 5) is 34.9. The van der Waals surface area contributed by atoms with E-state index < -0.39 is 0 Å². The number of amides is 1. The number of aryl methyl sites for hydroxylation is 1. The van der Waals surface area contributed by atoms with Crippen LogP contribution in [0.25, 0.3) is 16.7 Å². The van der Waals surface area contributed by atoms with Crippen molar-refractivity contribution in [1.29, 1.82) is 0 Å². The van der Waals surface area contributed by atoms with E-state index in [0.717, 1.165) is 16.6 Å². The predicted octanol–water partition coefficient (Wildman–Crippen LogP) is 1.33. The molecule has 3 aromatic rings. The van der Waals surface area contributed by atoms with Crippen LogP contribution in [0.3, 0.4) is 0 Å². The third-order valence-corrected chi connectivity index (χ3v) is 3.98. The monoisotopic (exact) mass is 397 g/mol. The van der Waals surface area contributed by atoms with E-state index in [-0.39, 0.29) is 30.5 Å². The Morgan fingerprint density at radius 1 is 1.24 bits per heavy atom. The van der Waals surface area contributed by atoms with E-state index in [0.29, 0.717) is 17.9 Å². The number of nitrogens with two attached hydrogens (primary N) is 2. The van der Waals surface area contributed by atoms with Gasteiger partial charge in [-0.1, -0.05) is 26.0 Å². The summed E-state index contributed by atoms with van der Waals surface area (Å²) in [6, 6.07) is 9.27. The second kappa shape index (κ2) is 10.1. The molecule has 9 heteroatoms. The van der Waals surface area contributed by atoms with Crippen LogP contribution in [0.1, 0.15) is 31.5 Å². The average molecular weight is 397 g/mol. The second-order valence-corrected chi connectivity index (χ2v) is 6.15. The van der Waals surface area contributed by atoms with Crippen LogP contribution in [-0.4, -0.2) is 32.9 Å². The van der Waals surface area contributed by atoms with Gasteiger partial charge in [0.05, 0.1) is 12.2 Å². The van der Waals surface area contributed by atoms with Gasteiger partial charge in [0.25, 0.3) is 0 Å². The van der Waals surface area contributed by atoms with Gasteiger partial charge in [-0.15, -0.1) is 0 Å². The lowest BCUT2D eigenvalue weighted by atomic mass is 10.2. The molecule has 0 unspecified atom stereocenters. The molecule has 2 heterocycles. The molecule has 29 heavy (non-hydrogen) atoms. The molecule has 0 aliphatic heterocycles. The van der Waals surface area contributed by atoms with E-state index in [4.69, 9.17) is 11.5 Å². The molecule has 154 valence electrons. The highest BCUT2D eigenvalue weighted by Crippen LogP contribution is 2.13. The summed E-state index contributed by atoms with van der Waals surface area (Å²) in [5.41, 5.74) is 13.2. The lowest BCUT2D eigenvalue weighted by Crippen LogP contribution is -2.26. The number of hydrogen-bond acceptors (Lipinski definition) is 4. The van der Waals surface area contributed by atoms with Crippen molar-refractivity contribution in [2.45, 2.75) is 33.7 Å². The van der Waals surface area contributed by atoms with E-state index in [1.165, 1.54) is 4.57 Å². The van der Waals surface area contributed by atoms with E-state index >= 15 is 0 Å². The van der Waals surface area contributed by atoms with Crippen LogP contribution in [-0.2, 0) is 11.3 Å². The number of aromatic nitrogens is 3. The van der Waals surface area contributed by atoms with Gasteiger partial charge in [0.1, 0.15) is 5.65 Å². The Morgan fingerprint density at radius 3 is 2.59 bits per heavy atom. The zero-order valence-electron chi connectivity index (χ0n) is 16.9. The SMILES string of the molecule is CC.Cc1cc2cn(-c3ccc(CNC(=O)CCN=C(N)N)cc3)c(=O)nc2[nH]1. The third-order valence-electron chi connectivity index (χ3n) is 3.98. The van der Waals surface area contributed by atoms with Crippen LogP contribution in [0.5, 0.6) is 0 Å². The summed E-state index contributed by atoms with van der Waals surface area (Å²) in [7, 11) is 0. The maximum atomic E-state index is 12.2. The molecule has 9 nitrogen and oxygen atoms in total. The van der Waals surface area contributed by atoms with E-state index in [2.05, 4.69) is 20.3 Å². The number of guanidine groups is 1. The molecule has 0 aliphatic rings. The van der Waals surface area contributed by atoms with Crippen molar-refractivity contribution in [2.75, 3.05) is 6.54 Å². The van der Waals surface area contributed by atoms with Crippen LogP contribution >= 0.6 is 0 Å². The van der Waals surface area contributed by atoms with Crippen molar-refractivity contribution in [3.8, 4) is 5.69 Å². The number of carbonyl (C=O) groups is 1. The predicted molar refractivity (Wildman–Crippen MR) is 115 cm³/mol. The van der Waals surface area contributed by atoms with Gasteiger partial charge in [-0.3, -0.25) is 14.4 Å². The van der Waals surface area contributed by atoms with Gasteiger partial charge in [-0.25, -0.2) is 4.79 Å². The van der Waals surface area contributed by atoms with E-state index in [1.54, 1.807) is 6.20 Å². The Morgan fingerprint density at radius 2 is 1.93 bits per heavy atom. The van der Waals surface area contributed by atoms with Gasteiger partial charge in [0, 0.05) is 30.2 Å². The highest BCUT2D eigenvalue weighted by Gasteiger charge is 2.07. The fourth-order valence-corrected chi connectivity index (χ4v) is 2.67. The molecule has 0 saturated heterocycles. The number of nitrogens with zero attached hydrogens (tertiary/aromatic N) is 3. The van der Waals surface area contributed by atoms with Gasteiger partial charge < -0.3 is 21.8 Å². The van der Waals surface area contributed by atoms with Crippen molar-refractivity contribution < 1.29 is 4.79 Å². The zero-order chi connectivity index (χ0) is 21.4. The minimum Gasteiger partial charge on any atom is -0.370 e. The summed E-state index contributed by atoms with van der Waals surface area (Å²) in [6.45, 7) is 6.55. The normalized spacial score (nSPS) is 10.2. The fraction of sp³-hybridized carbons (Fsp3) is 0.300. The highest BCUT2D eigenvalue weighted by molar-refractivity contribution is 5.78. The highest BCUT2D eigenvalue weighted by atomic mass is 16.2. The molecular formula is C20H27N7O2. The summed E-state index contributed by atoms with van der Waals surface area (Å²) in [5, 5.41) is 3.66. The lowest BCUT2D eigenvalue weighted by Gasteiger charge is -2.08. The van der Waals surface area contributed by atoms with Crippen molar-refractivity contribution in [3.63, 3.8) is 0 Å². The molecule has 0 aliphatic carbocycles. The third kappa shape index (κ3) is 5.93. The first kappa shape index (κ1) is 21.7. The number of aliphatic imine (C=N–C) groups is 1. The van der Waals surface area contributed by atoms with Crippen LogP contribution in [0.15, 0.2) is 46.3 Å². The topological polar surface area (TPSA) is 144 Å². The van der Waals surface area contributed by atoms with Gasteiger partial charge in [-0.2, -0.15) is 4.98 Å². The van der Waals surface area contributed by atoms with Crippen molar-refractivity contribution in [3.05, 3.63) is 58.3 Å². The van der Waals surface area contributed by atoms with Gasteiger partial charge in [-0.05, 0) is 30.7 Å². The smallest absolute Gasteiger partial charge is 0.354 e. The van der Waals surface area contributed by atoms with E-state index in [9.17, 15) is 9.59 Å². The Hall–Kier alpha value is -3.62. The lowest BCUT2D eigenvalue weighted by molar-refractivity contribution is -0.121. The summed E-state index contributed by atoms with van der Waals surface area (Å²) < 4.78 is 1.49. The summed E-state index contributed by atoms with van der Waals surface area (Å²) in [6.07, 6.45) is 1.97. The Balaban J connectivity index is 0.00000145. The Bertz CT molecular complexity index is 1040. The number of hydrogen-bond donors (Lipinski definition) is 4. The first-order valence-corrected chi connectivity index (χ1v) is 9.43. The number of carbonyl (C=O) groups excluding carboxylic acids is 1. The molecule has 3 rings (SSSR count). The first-order chi connectivity index (χ1) is 13.9. The molecule has 2 aromatic heterocycles. The van der Waals surface area contributed by atoms with Crippen LogP contribution in [0, 0.1) is 6.92 Å². The molecule has 0 radical (unpaired) electrons. The molecular weight excluding hydrogens is 370 g/mol. The zero-order valence-corrected chi connectivity index (χ0v) is 16.9. The Labute approximate surface area is 168 Å². The quantitative estimate of drug-likeness (QED) is 0.366. The number of H-pyrrole nitrogens is 1. The average Bonchev–Trinajstić information content (AvgIpc) is 3.06. The first-order valence-electron chi connectivity index (χ1n) is 9.43. The molecule has 1 amide bonds. The number of rotatable bonds is 6. The maximum Gasteiger partial charge on any atom is 0.354 e. The standard InChI is InChI=1S/C18H21N7O2.C2H6/c1-11-8-13-10-25(18(27)24-16(13)23-11)14-4-2-12(3-5-14)9-22-15(26)6-7-21-17(19)20;1-2/h2-5,8,10H,6-7,9H2,1H3,(H,22,26)(H4,19,20,21)(H,23,24,27);1-2H3. The summed E-state index contributed by atoms with van der Waals surface area (Å²) >= 11 is 0. The maximum absolute atomic E-state index is 12.2. The molecule has 0 fully saturated rings. The van der Waals surface area contributed by atoms with Crippen LogP contribution in [0.2, 0.25) is 0 Å². The number of aromatic amines is 1. The van der Waals surface area contributed by atoms with Crippen molar-refractivity contribution in [2.24, 2.45) is 16.5 Å². The number of fused-ring (bicyclic) bond motifs is 1. The van der Waals surface area contributed by atoms with Gasteiger partial charge >= 0.3 is 5.69 Å². The molecule has 6 N–H and O–H groups in total. The van der Waals surface area contributed by atoms with Crippen LogP contribution < -0.4 is 22.5 Å². The molecule has 0 spiro atoms. The summed E-state index contributed by atoms with van der Waals surface area (Å²) in [5.74, 6) is -0.172. The van der Waals surface area contributed by atoms with Crippen molar-refractivity contribution >= 4 is 22.9 Å².